The molecular formula is C17H21N3O2. The number of benzene rings is 1. The van der Waals surface area contributed by atoms with Crippen molar-refractivity contribution in [3.63, 3.8) is 0 Å². The molecule has 0 saturated heterocycles. The van der Waals surface area contributed by atoms with Gasteiger partial charge in [0.05, 0.1) is 13.2 Å². The van der Waals surface area contributed by atoms with Gasteiger partial charge in [-0.25, -0.2) is 0 Å². The molecule has 0 aliphatic carbocycles. The maximum atomic E-state index is 12.3. The Balaban J connectivity index is 2.13. The molecule has 0 bridgehead atoms. The van der Waals surface area contributed by atoms with E-state index in [1.807, 2.05) is 47.4 Å². The van der Waals surface area contributed by atoms with Crippen molar-refractivity contribution in [3.8, 4) is 0 Å². The molecule has 5 nitrogen and oxygen atoms in total. The van der Waals surface area contributed by atoms with E-state index in [2.05, 4.69) is 4.98 Å². The summed E-state index contributed by atoms with van der Waals surface area (Å²) >= 11 is 0. The van der Waals surface area contributed by atoms with Gasteiger partial charge in [-0.2, -0.15) is 0 Å². The Morgan fingerprint density at radius 1 is 1.18 bits per heavy atom. The van der Waals surface area contributed by atoms with Gasteiger partial charge in [-0.3, -0.25) is 9.78 Å². The number of aliphatic hydroxyl groups is 1. The van der Waals surface area contributed by atoms with Crippen molar-refractivity contribution in [2.75, 3.05) is 31.6 Å². The molecule has 1 amide bonds. The summed E-state index contributed by atoms with van der Waals surface area (Å²) < 4.78 is 0. The van der Waals surface area contributed by atoms with Gasteiger partial charge in [0.25, 0.3) is 0 Å². The van der Waals surface area contributed by atoms with Crippen LogP contribution in [0.1, 0.15) is 5.56 Å². The first-order valence-electron chi connectivity index (χ1n) is 7.24. The van der Waals surface area contributed by atoms with E-state index < -0.39 is 0 Å². The van der Waals surface area contributed by atoms with Crippen LogP contribution in [-0.2, 0) is 11.3 Å². The number of nitrogens with zero attached hydrogens (tertiary/aromatic N) is 3. The molecule has 0 radical (unpaired) electrons. The van der Waals surface area contributed by atoms with Crippen molar-refractivity contribution in [1.29, 1.82) is 0 Å². The van der Waals surface area contributed by atoms with Crippen molar-refractivity contribution in [2.45, 2.75) is 6.54 Å². The van der Waals surface area contributed by atoms with Gasteiger partial charge < -0.3 is 14.9 Å². The SMILES string of the molecule is CN(CCO)C(=O)CN(Cc1cccnc1)c1ccccc1. The number of hydrogen-bond acceptors (Lipinski definition) is 4. The first-order chi connectivity index (χ1) is 10.7. The number of hydrogen-bond donors (Lipinski definition) is 1. The fourth-order valence-corrected chi connectivity index (χ4v) is 2.15. The zero-order valence-electron chi connectivity index (χ0n) is 12.7. The predicted molar refractivity (Wildman–Crippen MR) is 86.5 cm³/mol. The minimum atomic E-state index is -0.0316. The topological polar surface area (TPSA) is 56.7 Å². The number of carbonyl (C=O) groups is 1. The Morgan fingerprint density at radius 2 is 1.95 bits per heavy atom. The molecule has 0 aliphatic rings. The molecule has 1 N–H and O–H groups in total. The second-order valence-electron chi connectivity index (χ2n) is 5.09. The summed E-state index contributed by atoms with van der Waals surface area (Å²) in [4.78, 5) is 19.9. The van der Waals surface area contributed by atoms with Crippen LogP contribution in [-0.4, -0.2) is 47.6 Å². The standard InChI is InChI=1S/C17H21N3O2/c1-19(10-11-21)17(22)14-20(16-7-3-2-4-8-16)13-15-6-5-9-18-12-15/h2-9,12,21H,10-11,13-14H2,1H3. The number of carbonyl (C=O) groups excluding carboxylic acids is 1. The smallest absolute Gasteiger partial charge is 0.241 e. The molecule has 0 aliphatic heterocycles. The van der Waals surface area contributed by atoms with Gasteiger partial charge in [0.15, 0.2) is 0 Å². The van der Waals surface area contributed by atoms with Crippen LogP contribution in [0, 0.1) is 0 Å². The summed E-state index contributed by atoms with van der Waals surface area (Å²) in [5.74, 6) is -0.0261. The number of para-hydroxylation sites is 1. The number of aliphatic hydroxyl groups excluding tert-OH is 1. The molecule has 1 heterocycles. The maximum absolute atomic E-state index is 12.3. The number of aromatic nitrogens is 1. The van der Waals surface area contributed by atoms with Crippen LogP contribution in [0.25, 0.3) is 0 Å². The van der Waals surface area contributed by atoms with Crippen LogP contribution >= 0.6 is 0 Å². The van der Waals surface area contributed by atoms with E-state index in [-0.39, 0.29) is 19.1 Å². The Hall–Kier alpha value is -2.40. The van der Waals surface area contributed by atoms with Crippen LogP contribution in [0.4, 0.5) is 5.69 Å². The largest absolute Gasteiger partial charge is 0.395 e. The lowest BCUT2D eigenvalue weighted by atomic mass is 10.2. The van der Waals surface area contributed by atoms with Gasteiger partial charge in [0.1, 0.15) is 0 Å². The summed E-state index contributed by atoms with van der Waals surface area (Å²) in [6.07, 6.45) is 3.54. The number of anilines is 1. The number of rotatable bonds is 7. The van der Waals surface area contributed by atoms with Gasteiger partial charge in [0, 0.05) is 38.2 Å². The number of amides is 1. The quantitative estimate of drug-likeness (QED) is 0.842. The summed E-state index contributed by atoms with van der Waals surface area (Å²) in [6, 6.07) is 13.7. The van der Waals surface area contributed by atoms with E-state index in [9.17, 15) is 4.79 Å². The van der Waals surface area contributed by atoms with Crippen LogP contribution < -0.4 is 4.90 Å². The summed E-state index contributed by atoms with van der Waals surface area (Å²) in [7, 11) is 1.70. The van der Waals surface area contributed by atoms with Crippen LogP contribution in [0.5, 0.6) is 0 Å². The zero-order chi connectivity index (χ0) is 15.8. The number of likely N-dealkylation sites (N-methyl/N-ethyl adjacent to an activating group) is 1. The molecule has 0 spiro atoms. The third kappa shape index (κ3) is 4.56. The lowest BCUT2D eigenvalue weighted by molar-refractivity contribution is -0.128. The summed E-state index contributed by atoms with van der Waals surface area (Å²) in [5, 5.41) is 8.96. The average Bonchev–Trinajstić information content (AvgIpc) is 2.56. The van der Waals surface area contributed by atoms with E-state index in [4.69, 9.17) is 5.11 Å². The maximum Gasteiger partial charge on any atom is 0.241 e. The minimum Gasteiger partial charge on any atom is -0.395 e. The highest BCUT2D eigenvalue weighted by molar-refractivity contribution is 5.81. The third-order valence-corrected chi connectivity index (χ3v) is 3.40. The fourth-order valence-electron chi connectivity index (χ4n) is 2.15. The average molecular weight is 299 g/mol. The molecule has 0 atom stereocenters. The van der Waals surface area contributed by atoms with Gasteiger partial charge >= 0.3 is 0 Å². The summed E-state index contributed by atoms with van der Waals surface area (Å²) in [6.45, 7) is 1.18. The van der Waals surface area contributed by atoms with E-state index in [1.54, 1.807) is 24.3 Å². The van der Waals surface area contributed by atoms with E-state index in [0.29, 0.717) is 13.1 Å². The van der Waals surface area contributed by atoms with Crippen molar-refractivity contribution in [2.24, 2.45) is 0 Å². The fraction of sp³-hybridized carbons (Fsp3) is 0.294. The zero-order valence-corrected chi connectivity index (χ0v) is 12.7. The van der Waals surface area contributed by atoms with Crippen LogP contribution in [0.15, 0.2) is 54.9 Å². The Labute approximate surface area is 130 Å². The highest BCUT2D eigenvalue weighted by Crippen LogP contribution is 2.16. The van der Waals surface area contributed by atoms with Gasteiger partial charge in [0.2, 0.25) is 5.91 Å². The van der Waals surface area contributed by atoms with Crippen LogP contribution in [0.3, 0.4) is 0 Å². The predicted octanol–water partition coefficient (Wildman–Crippen LogP) is 1.54. The van der Waals surface area contributed by atoms with Crippen molar-refractivity contribution in [3.05, 3.63) is 60.4 Å². The number of pyridine rings is 1. The van der Waals surface area contributed by atoms with E-state index in [1.165, 1.54) is 0 Å². The monoisotopic (exact) mass is 299 g/mol. The molecule has 116 valence electrons. The molecular weight excluding hydrogens is 278 g/mol. The second kappa shape index (κ2) is 8.14. The molecule has 5 heteroatoms. The normalized spacial score (nSPS) is 10.3. The molecule has 0 unspecified atom stereocenters. The highest BCUT2D eigenvalue weighted by Gasteiger charge is 2.15. The lowest BCUT2D eigenvalue weighted by Gasteiger charge is -2.26. The summed E-state index contributed by atoms with van der Waals surface area (Å²) in [5.41, 5.74) is 2.03. The van der Waals surface area contributed by atoms with E-state index >= 15 is 0 Å². The molecule has 0 saturated carbocycles. The first kappa shape index (κ1) is 16.0. The van der Waals surface area contributed by atoms with Crippen molar-refractivity contribution < 1.29 is 9.90 Å². The molecule has 1 aromatic carbocycles. The Morgan fingerprint density at radius 3 is 2.59 bits per heavy atom. The van der Waals surface area contributed by atoms with Gasteiger partial charge in [-0.1, -0.05) is 24.3 Å². The molecule has 0 fully saturated rings. The van der Waals surface area contributed by atoms with Gasteiger partial charge in [-0.15, -0.1) is 0 Å². The molecule has 22 heavy (non-hydrogen) atoms. The molecule has 2 rings (SSSR count). The van der Waals surface area contributed by atoms with E-state index in [0.717, 1.165) is 11.3 Å². The van der Waals surface area contributed by atoms with Crippen molar-refractivity contribution >= 4 is 11.6 Å². The Kier molecular flexibility index (Phi) is 5.91. The van der Waals surface area contributed by atoms with Gasteiger partial charge in [-0.05, 0) is 23.8 Å². The second-order valence-corrected chi connectivity index (χ2v) is 5.09. The molecule has 2 aromatic rings. The third-order valence-electron chi connectivity index (χ3n) is 3.40. The highest BCUT2D eigenvalue weighted by atomic mass is 16.3. The lowest BCUT2D eigenvalue weighted by Crippen LogP contribution is -2.39. The molecule has 1 aromatic heterocycles. The minimum absolute atomic E-state index is 0.0261. The van der Waals surface area contributed by atoms with Crippen molar-refractivity contribution in [1.82, 2.24) is 9.88 Å². The first-order valence-corrected chi connectivity index (χ1v) is 7.24. The van der Waals surface area contributed by atoms with Crippen LogP contribution in [0.2, 0.25) is 0 Å². The Bertz CT molecular complexity index is 575.